The van der Waals surface area contributed by atoms with Gasteiger partial charge in [-0.2, -0.15) is 0 Å². The maximum atomic E-state index is 11.4. The van der Waals surface area contributed by atoms with Crippen molar-refractivity contribution in [1.82, 2.24) is 10.6 Å². The van der Waals surface area contributed by atoms with E-state index in [4.69, 9.17) is 16.9 Å². The molecule has 7 nitrogen and oxygen atoms in total. The summed E-state index contributed by atoms with van der Waals surface area (Å²) in [6, 6.07) is 0. The second-order valence-electron chi connectivity index (χ2n) is 4.67. The molecule has 0 atom stereocenters. The van der Waals surface area contributed by atoms with Gasteiger partial charge in [-0.3, -0.25) is 25.6 Å². The third kappa shape index (κ3) is 11.6. The number of carbonyl (C=O) groups is 2. The monoisotopic (exact) mass is 285 g/mol. The maximum Gasteiger partial charge on any atom is 0.226 e. The van der Waals surface area contributed by atoms with Crippen molar-refractivity contribution in [2.24, 2.45) is 11.5 Å². The van der Waals surface area contributed by atoms with Crippen molar-refractivity contribution in [2.45, 2.75) is 51.4 Å². The van der Waals surface area contributed by atoms with Gasteiger partial charge in [0.05, 0.1) is 0 Å². The molecule has 116 valence electrons. The van der Waals surface area contributed by atoms with Crippen molar-refractivity contribution in [3.63, 3.8) is 0 Å². The van der Waals surface area contributed by atoms with Crippen LogP contribution in [0.4, 0.5) is 0 Å². The minimum atomic E-state index is -0.254. The molecule has 0 saturated carbocycles. The molecule has 2 amide bonds. The molecule has 0 fully saturated rings. The maximum absolute atomic E-state index is 11.4. The van der Waals surface area contributed by atoms with Crippen molar-refractivity contribution in [3.8, 4) is 0 Å². The number of unbranched alkanes of at least 4 members (excludes halogenated alkanes) is 4. The van der Waals surface area contributed by atoms with E-state index in [-0.39, 0.29) is 17.8 Å². The molecule has 0 radical (unpaired) electrons. The molecular weight excluding hydrogens is 258 g/mol. The largest absolute Gasteiger partial charge is 0.330 e. The Hall–Kier alpha value is -1.47. The van der Waals surface area contributed by atoms with Crippen molar-refractivity contribution in [2.75, 3.05) is 13.1 Å². The fraction of sp³-hybridized carbons (Fsp3) is 0.769. The second-order valence-corrected chi connectivity index (χ2v) is 4.67. The summed E-state index contributed by atoms with van der Waals surface area (Å²) in [5.41, 5.74) is 10.7. The summed E-state index contributed by atoms with van der Waals surface area (Å²) < 4.78 is 0. The topological polar surface area (TPSA) is 134 Å². The van der Waals surface area contributed by atoms with Gasteiger partial charge in [0.2, 0.25) is 17.8 Å². The van der Waals surface area contributed by atoms with E-state index in [1.165, 1.54) is 0 Å². The van der Waals surface area contributed by atoms with Crippen LogP contribution in [0, 0.1) is 5.41 Å². The van der Waals surface area contributed by atoms with Gasteiger partial charge in [0.1, 0.15) is 0 Å². The standard InChI is InChI=1S/C13H27N5O2/c14-9-5-1-3-7-11(19)17-13(16)18-12(20)8-4-2-6-10-15/h1-10,14-15H2,(H3,16,17,18,19,20). The lowest BCUT2D eigenvalue weighted by Gasteiger charge is -2.08. The lowest BCUT2D eigenvalue weighted by molar-refractivity contribution is -0.120. The molecule has 0 aliphatic rings. The second kappa shape index (κ2) is 12.6. The van der Waals surface area contributed by atoms with E-state index in [1.807, 2.05) is 0 Å². The molecule has 0 aromatic carbocycles. The molecule has 0 aliphatic carbocycles. The summed E-state index contributed by atoms with van der Waals surface area (Å²) in [6.07, 6.45) is 5.74. The molecule has 0 rings (SSSR count). The van der Waals surface area contributed by atoms with Gasteiger partial charge in [-0.1, -0.05) is 12.8 Å². The first-order valence-corrected chi connectivity index (χ1v) is 7.18. The SMILES string of the molecule is N=C(NC(=O)CCCCCN)NC(=O)CCCCCN. The number of guanidine groups is 1. The Balaban J connectivity index is 3.64. The number of rotatable bonds is 10. The van der Waals surface area contributed by atoms with Crippen LogP contribution in [0.25, 0.3) is 0 Å². The van der Waals surface area contributed by atoms with Gasteiger partial charge in [-0.15, -0.1) is 0 Å². The van der Waals surface area contributed by atoms with Gasteiger partial charge in [0.25, 0.3) is 0 Å². The van der Waals surface area contributed by atoms with Gasteiger partial charge in [-0.25, -0.2) is 0 Å². The molecule has 0 aromatic heterocycles. The first-order chi connectivity index (χ1) is 9.60. The molecule has 0 aromatic rings. The fourth-order valence-electron chi connectivity index (χ4n) is 1.65. The van der Waals surface area contributed by atoms with E-state index in [2.05, 4.69) is 10.6 Å². The molecule has 20 heavy (non-hydrogen) atoms. The summed E-state index contributed by atoms with van der Waals surface area (Å²) in [5, 5.41) is 12.2. The summed E-state index contributed by atoms with van der Waals surface area (Å²) in [7, 11) is 0. The molecule has 0 bridgehead atoms. The predicted molar refractivity (Wildman–Crippen MR) is 79.1 cm³/mol. The van der Waals surface area contributed by atoms with Crippen molar-refractivity contribution >= 4 is 17.8 Å². The quantitative estimate of drug-likeness (QED) is 0.222. The smallest absolute Gasteiger partial charge is 0.226 e. The zero-order chi connectivity index (χ0) is 15.2. The summed E-state index contributed by atoms with van der Waals surface area (Å²) in [5.74, 6) is -0.761. The van der Waals surface area contributed by atoms with Crippen LogP contribution in [0.3, 0.4) is 0 Å². The number of carbonyl (C=O) groups excluding carboxylic acids is 2. The first kappa shape index (κ1) is 18.5. The van der Waals surface area contributed by atoms with Crippen LogP contribution in [0.5, 0.6) is 0 Å². The van der Waals surface area contributed by atoms with Crippen LogP contribution < -0.4 is 22.1 Å². The Kier molecular flexibility index (Phi) is 11.6. The van der Waals surface area contributed by atoms with Crippen LogP contribution in [0.2, 0.25) is 0 Å². The first-order valence-electron chi connectivity index (χ1n) is 7.18. The lowest BCUT2D eigenvalue weighted by Crippen LogP contribution is -2.42. The van der Waals surface area contributed by atoms with Crippen molar-refractivity contribution in [3.05, 3.63) is 0 Å². The highest BCUT2D eigenvalue weighted by atomic mass is 16.2. The van der Waals surface area contributed by atoms with Crippen molar-refractivity contribution < 1.29 is 9.59 Å². The summed E-state index contributed by atoms with van der Waals surface area (Å²) in [4.78, 5) is 22.9. The molecule has 7 heteroatoms. The molecule has 0 saturated heterocycles. The van der Waals surface area contributed by atoms with E-state index in [9.17, 15) is 9.59 Å². The lowest BCUT2D eigenvalue weighted by atomic mass is 10.2. The normalized spacial score (nSPS) is 10.1. The average molecular weight is 285 g/mol. The Bertz CT molecular complexity index is 279. The number of nitrogens with one attached hydrogen (secondary N) is 3. The molecule has 7 N–H and O–H groups in total. The molecule has 0 heterocycles. The highest BCUT2D eigenvalue weighted by Crippen LogP contribution is 1.99. The van der Waals surface area contributed by atoms with Gasteiger partial charge < -0.3 is 11.5 Å². The molecular formula is C13H27N5O2. The molecule has 0 spiro atoms. The molecule has 0 aliphatic heterocycles. The fourth-order valence-corrected chi connectivity index (χ4v) is 1.65. The van der Waals surface area contributed by atoms with E-state index in [0.717, 1.165) is 38.5 Å². The van der Waals surface area contributed by atoms with Crippen LogP contribution in [-0.4, -0.2) is 30.9 Å². The number of nitrogens with two attached hydrogens (primary N) is 2. The van der Waals surface area contributed by atoms with Crippen molar-refractivity contribution in [1.29, 1.82) is 5.41 Å². The van der Waals surface area contributed by atoms with Gasteiger partial charge >= 0.3 is 0 Å². The Morgan fingerprint density at radius 1 is 0.750 bits per heavy atom. The highest BCUT2D eigenvalue weighted by Gasteiger charge is 2.07. The van der Waals surface area contributed by atoms with Crippen LogP contribution in [-0.2, 0) is 9.59 Å². The number of amides is 2. The van der Waals surface area contributed by atoms with Crippen LogP contribution in [0.15, 0.2) is 0 Å². The summed E-state index contributed by atoms with van der Waals surface area (Å²) in [6.45, 7) is 1.25. The van der Waals surface area contributed by atoms with E-state index >= 15 is 0 Å². The van der Waals surface area contributed by atoms with Crippen LogP contribution in [0.1, 0.15) is 51.4 Å². The van der Waals surface area contributed by atoms with E-state index < -0.39 is 0 Å². The van der Waals surface area contributed by atoms with E-state index in [0.29, 0.717) is 25.9 Å². The zero-order valence-corrected chi connectivity index (χ0v) is 12.0. The Labute approximate surface area is 120 Å². The minimum absolute atomic E-state index is 0.252. The van der Waals surface area contributed by atoms with E-state index in [1.54, 1.807) is 0 Å². The highest BCUT2D eigenvalue weighted by molar-refractivity contribution is 6.03. The zero-order valence-electron chi connectivity index (χ0n) is 12.0. The van der Waals surface area contributed by atoms with Gasteiger partial charge in [0.15, 0.2) is 0 Å². The number of hydrogen-bond donors (Lipinski definition) is 5. The molecule has 0 unspecified atom stereocenters. The third-order valence-corrected chi connectivity index (χ3v) is 2.74. The summed E-state index contributed by atoms with van der Waals surface area (Å²) >= 11 is 0. The Morgan fingerprint density at radius 2 is 1.15 bits per heavy atom. The third-order valence-electron chi connectivity index (χ3n) is 2.74. The van der Waals surface area contributed by atoms with Crippen LogP contribution >= 0.6 is 0 Å². The van der Waals surface area contributed by atoms with Gasteiger partial charge in [-0.05, 0) is 38.8 Å². The number of hydrogen-bond acceptors (Lipinski definition) is 5. The average Bonchev–Trinajstić information content (AvgIpc) is 2.39. The minimum Gasteiger partial charge on any atom is -0.330 e. The predicted octanol–water partition coefficient (Wildman–Crippen LogP) is 0.192. The Morgan fingerprint density at radius 3 is 1.50 bits per heavy atom. The van der Waals surface area contributed by atoms with Gasteiger partial charge in [0, 0.05) is 12.8 Å².